The monoisotopic (exact) mass is 308 g/mol. The van der Waals surface area contributed by atoms with Crippen LogP contribution in [-0.2, 0) is 0 Å². The number of hydrogen-bond donors (Lipinski definition) is 1. The highest BCUT2D eigenvalue weighted by Crippen LogP contribution is 2.28. The van der Waals surface area contributed by atoms with Crippen LogP contribution in [0.3, 0.4) is 0 Å². The molecule has 0 aliphatic heterocycles. The first-order chi connectivity index (χ1) is 8.11. The van der Waals surface area contributed by atoms with E-state index >= 15 is 0 Å². The van der Waals surface area contributed by atoms with E-state index in [1.807, 2.05) is 30.3 Å². The van der Waals surface area contributed by atoms with Gasteiger partial charge in [-0.3, -0.25) is 0 Å². The highest BCUT2D eigenvalue weighted by Gasteiger charge is 2.17. The maximum absolute atomic E-state index is 10.9. The highest BCUT2D eigenvalue weighted by atomic mass is 79.9. The molecule has 0 saturated carbocycles. The zero-order valence-corrected chi connectivity index (χ0v) is 10.7. The van der Waals surface area contributed by atoms with E-state index in [0.29, 0.717) is 5.01 Å². The van der Waals surface area contributed by atoms with Gasteiger partial charge in [0.05, 0.1) is 0 Å². The van der Waals surface area contributed by atoms with Crippen LogP contribution in [0.5, 0.6) is 0 Å². The van der Waals surface area contributed by atoms with Crippen LogP contribution in [-0.4, -0.2) is 16.1 Å². The molecule has 0 atom stereocenters. The summed E-state index contributed by atoms with van der Waals surface area (Å²) < 4.78 is 0.928. The lowest BCUT2D eigenvalue weighted by atomic mass is 10.2. The zero-order valence-electron chi connectivity index (χ0n) is 8.35. The average molecular weight is 309 g/mol. The van der Waals surface area contributed by atoms with E-state index < -0.39 is 5.97 Å². The Kier molecular flexibility index (Phi) is 3.22. The summed E-state index contributed by atoms with van der Waals surface area (Å²) >= 11 is 4.39. The SMILES string of the molecule is N#Cc1sc(-c2ccc(Br)cc2)nc1C(=O)O. The Bertz CT molecular complexity index is 613. The molecule has 1 N–H and O–H groups in total. The first kappa shape index (κ1) is 11.8. The summed E-state index contributed by atoms with van der Waals surface area (Å²) in [5.74, 6) is -1.18. The first-order valence-corrected chi connectivity index (χ1v) is 6.13. The third kappa shape index (κ3) is 2.35. The van der Waals surface area contributed by atoms with Gasteiger partial charge in [-0.1, -0.05) is 28.1 Å². The topological polar surface area (TPSA) is 74.0 Å². The molecule has 2 aromatic rings. The number of carboxylic acid groups (broad SMARTS) is 1. The minimum atomic E-state index is -1.18. The minimum absolute atomic E-state index is 0.121. The number of carboxylic acids is 1. The number of halogens is 1. The number of aromatic nitrogens is 1. The molecule has 0 unspecified atom stereocenters. The van der Waals surface area contributed by atoms with Crippen molar-refractivity contribution in [2.75, 3.05) is 0 Å². The predicted molar refractivity (Wildman–Crippen MR) is 66.9 cm³/mol. The van der Waals surface area contributed by atoms with Gasteiger partial charge in [0.15, 0.2) is 5.69 Å². The number of aromatic carboxylic acids is 1. The number of rotatable bonds is 2. The standard InChI is InChI=1S/C11H5BrN2O2S/c12-7-3-1-6(2-4-7)10-14-9(11(15)16)8(5-13)17-10/h1-4H,(H,15,16). The number of carbonyl (C=O) groups is 1. The molecule has 4 nitrogen and oxygen atoms in total. The largest absolute Gasteiger partial charge is 0.476 e. The van der Waals surface area contributed by atoms with Crippen molar-refractivity contribution in [1.82, 2.24) is 4.98 Å². The van der Waals surface area contributed by atoms with Gasteiger partial charge < -0.3 is 5.11 Å². The van der Waals surface area contributed by atoms with Crippen LogP contribution in [0.25, 0.3) is 10.6 Å². The molecule has 1 aromatic heterocycles. The number of hydrogen-bond acceptors (Lipinski definition) is 4. The lowest BCUT2D eigenvalue weighted by molar-refractivity contribution is 0.0691. The summed E-state index contributed by atoms with van der Waals surface area (Å²) in [5, 5.41) is 18.2. The molecule has 6 heteroatoms. The van der Waals surface area contributed by atoms with Crippen LogP contribution >= 0.6 is 27.3 Å². The van der Waals surface area contributed by atoms with Crippen molar-refractivity contribution in [3.8, 4) is 16.6 Å². The van der Waals surface area contributed by atoms with Crippen molar-refractivity contribution in [2.45, 2.75) is 0 Å². The molecule has 0 aliphatic carbocycles. The summed E-state index contributed by atoms with van der Waals surface area (Å²) in [5.41, 5.74) is 0.609. The summed E-state index contributed by atoms with van der Waals surface area (Å²) in [6.07, 6.45) is 0. The molecular formula is C11H5BrN2O2S. The van der Waals surface area contributed by atoms with Gasteiger partial charge in [0, 0.05) is 10.0 Å². The van der Waals surface area contributed by atoms with Crippen molar-refractivity contribution < 1.29 is 9.90 Å². The Morgan fingerprint density at radius 1 is 1.41 bits per heavy atom. The molecular weight excluding hydrogens is 304 g/mol. The van der Waals surface area contributed by atoms with Crippen molar-refractivity contribution in [3.05, 3.63) is 39.3 Å². The normalized spacial score (nSPS) is 9.88. The molecule has 84 valence electrons. The molecule has 0 spiro atoms. The van der Waals surface area contributed by atoms with Crippen LogP contribution in [0.2, 0.25) is 0 Å². The second-order valence-electron chi connectivity index (χ2n) is 3.12. The van der Waals surface area contributed by atoms with Crippen molar-refractivity contribution in [3.63, 3.8) is 0 Å². The number of nitrogens with zero attached hydrogens (tertiary/aromatic N) is 2. The molecule has 1 aromatic carbocycles. The van der Waals surface area contributed by atoms with Crippen molar-refractivity contribution in [2.24, 2.45) is 0 Å². The van der Waals surface area contributed by atoms with E-state index in [1.54, 1.807) is 0 Å². The minimum Gasteiger partial charge on any atom is -0.476 e. The lowest BCUT2D eigenvalue weighted by Gasteiger charge is -1.95. The van der Waals surface area contributed by atoms with E-state index in [-0.39, 0.29) is 10.6 Å². The smallest absolute Gasteiger partial charge is 0.356 e. The molecule has 0 bridgehead atoms. The second-order valence-corrected chi connectivity index (χ2v) is 5.04. The van der Waals surface area contributed by atoms with Gasteiger partial charge in [-0.25, -0.2) is 9.78 Å². The van der Waals surface area contributed by atoms with E-state index in [9.17, 15) is 4.79 Å². The predicted octanol–water partition coefficient (Wildman–Crippen LogP) is 3.14. The van der Waals surface area contributed by atoms with Gasteiger partial charge in [-0.05, 0) is 12.1 Å². The van der Waals surface area contributed by atoms with Crippen LogP contribution in [0.4, 0.5) is 0 Å². The Labute approximate surface area is 109 Å². The fourth-order valence-electron chi connectivity index (χ4n) is 1.26. The van der Waals surface area contributed by atoms with Gasteiger partial charge in [0.1, 0.15) is 16.0 Å². The molecule has 0 aliphatic rings. The molecule has 1 heterocycles. The van der Waals surface area contributed by atoms with E-state index in [2.05, 4.69) is 20.9 Å². The first-order valence-electron chi connectivity index (χ1n) is 4.52. The van der Waals surface area contributed by atoms with E-state index in [1.165, 1.54) is 0 Å². The van der Waals surface area contributed by atoms with Gasteiger partial charge in [0.2, 0.25) is 0 Å². The summed E-state index contributed by atoms with van der Waals surface area (Å²) in [6, 6.07) is 9.15. The molecule has 0 amide bonds. The number of thiazole rings is 1. The number of nitriles is 1. The third-order valence-electron chi connectivity index (χ3n) is 2.02. The zero-order chi connectivity index (χ0) is 12.4. The quantitative estimate of drug-likeness (QED) is 0.925. The Morgan fingerprint density at radius 2 is 2.06 bits per heavy atom. The second kappa shape index (κ2) is 4.65. The lowest BCUT2D eigenvalue weighted by Crippen LogP contribution is -1.98. The fraction of sp³-hybridized carbons (Fsp3) is 0. The summed E-state index contributed by atoms with van der Waals surface area (Å²) in [6.45, 7) is 0. The maximum Gasteiger partial charge on any atom is 0.356 e. The molecule has 2 rings (SSSR count). The van der Waals surface area contributed by atoms with Gasteiger partial charge in [-0.2, -0.15) is 5.26 Å². The van der Waals surface area contributed by atoms with Gasteiger partial charge in [-0.15, -0.1) is 11.3 Å². The molecule has 0 saturated heterocycles. The average Bonchev–Trinajstić information content (AvgIpc) is 2.74. The van der Waals surface area contributed by atoms with Crippen LogP contribution in [0.15, 0.2) is 28.7 Å². The van der Waals surface area contributed by atoms with Gasteiger partial charge in [0.25, 0.3) is 0 Å². The highest BCUT2D eigenvalue weighted by molar-refractivity contribution is 9.10. The Hall–Kier alpha value is -1.71. The maximum atomic E-state index is 10.9. The van der Waals surface area contributed by atoms with E-state index in [0.717, 1.165) is 21.4 Å². The summed E-state index contributed by atoms with van der Waals surface area (Å²) in [4.78, 5) is 14.9. The van der Waals surface area contributed by atoms with Gasteiger partial charge >= 0.3 is 5.97 Å². The fourth-order valence-corrected chi connectivity index (χ4v) is 2.38. The summed E-state index contributed by atoms with van der Waals surface area (Å²) in [7, 11) is 0. The van der Waals surface area contributed by atoms with Crippen molar-refractivity contribution in [1.29, 1.82) is 5.26 Å². The van der Waals surface area contributed by atoms with E-state index in [4.69, 9.17) is 10.4 Å². The molecule has 0 fully saturated rings. The Morgan fingerprint density at radius 3 is 2.53 bits per heavy atom. The number of benzene rings is 1. The van der Waals surface area contributed by atoms with Crippen molar-refractivity contribution >= 4 is 33.2 Å². The third-order valence-corrected chi connectivity index (χ3v) is 3.56. The molecule has 17 heavy (non-hydrogen) atoms. The van der Waals surface area contributed by atoms with Crippen LogP contribution in [0.1, 0.15) is 15.4 Å². The Balaban J connectivity index is 2.51. The molecule has 0 radical (unpaired) electrons. The van der Waals surface area contributed by atoms with Crippen LogP contribution in [0, 0.1) is 11.3 Å². The van der Waals surface area contributed by atoms with Crippen LogP contribution < -0.4 is 0 Å².